The molecule has 0 unspecified atom stereocenters. The smallest absolute Gasteiger partial charge is 0.138 e. The fraction of sp³-hybridized carbons (Fsp3) is 0.833. The van der Waals surface area contributed by atoms with Crippen LogP contribution in [-0.2, 0) is 4.79 Å². The Morgan fingerprint density at radius 2 is 1.76 bits per heavy atom. The van der Waals surface area contributed by atoms with Gasteiger partial charge in [-0.3, -0.25) is 4.79 Å². The summed E-state index contributed by atoms with van der Waals surface area (Å²) in [6.07, 6.45) is 8.82. The number of fused-ring (bicyclic) bond motifs is 4. The number of aliphatic hydroxyl groups is 2. The number of carbonyl (C=O) groups excluding carboxylic acids is 1. The van der Waals surface area contributed by atoms with Crippen LogP contribution in [0.1, 0.15) is 107 Å². The highest BCUT2D eigenvalue weighted by atomic mass is 16.3. The Morgan fingerprint density at radius 3 is 2.39 bits per heavy atom. The predicted octanol–water partition coefficient (Wildman–Crippen LogP) is 6.63. The van der Waals surface area contributed by atoms with Crippen LogP contribution in [0.15, 0.2) is 22.8 Å². The van der Waals surface area contributed by atoms with Crippen molar-refractivity contribution in [1.82, 2.24) is 0 Å². The summed E-state index contributed by atoms with van der Waals surface area (Å²) in [5, 5.41) is 22.3. The van der Waals surface area contributed by atoms with Crippen molar-refractivity contribution in [3.63, 3.8) is 0 Å². The molecule has 0 aromatic carbocycles. The Balaban J connectivity index is 1.70. The molecule has 186 valence electrons. The van der Waals surface area contributed by atoms with E-state index in [9.17, 15) is 15.0 Å². The topological polar surface area (TPSA) is 57.5 Å². The molecule has 4 rings (SSSR count). The molecule has 0 saturated heterocycles. The van der Waals surface area contributed by atoms with Crippen LogP contribution in [0, 0.1) is 39.4 Å². The summed E-state index contributed by atoms with van der Waals surface area (Å²) in [6.45, 7) is 18.0. The van der Waals surface area contributed by atoms with Crippen LogP contribution >= 0.6 is 0 Å². The van der Waals surface area contributed by atoms with Gasteiger partial charge in [-0.15, -0.1) is 0 Å². The van der Waals surface area contributed by atoms with Gasteiger partial charge in [-0.25, -0.2) is 0 Å². The van der Waals surface area contributed by atoms with E-state index in [1.807, 2.05) is 6.08 Å². The predicted molar refractivity (Wildman–Crippen MR) is 135 cm³/mol. The largest absolute Gasteiger partial charge is 0.389 e. The van der Waals surface area contributed by atoms with E-state index in [0.717, 1.165) is 38.5 Å². The summed E-state index contributed by atoms with van der Waals surface area (Å²) < 4.78 is 0. The molecule has 0 radical (unpaired) electrons. The molecule has 0 heterocycles. The van der Waals surface area contributed by atoms with Gasteiger partial charge in [0.2, 0.25) is 0 Å². The summed E-state index contributed by atoms with van der Waals surface area (Å²) in [5.74, 6) is 1.60. The summed E-state index contributed by atoms with van der Waals surface area (Å²) in [4.78, 5) is 12.8. The van der Waals surface area contributed by atoms with Crippen molar-refractivity contribution in [2.24, 2.45) is 39.4 Å². The fourth-order valence-electron chi connectivity index (χ4n) is 9.40. The van der Waals surface area contributed by atoms with Gasteiger partial charge >= 0.3 is 0 Å². The first-order chi connectivity index (χ1) is 15.2. The molecule has 0 bridgehead atoms. The number of carbonyl (C=O) groups is 1. The molecule has 2 N–H and O–H groups in total. The summed E-state index contributed by atoms with van der Waals surface area (Å²) in [6, 6.07) is 0. The van der Waals surface area contributed by atoms with Gasteiger partial charge in [-0.05, 0) is 98.4 Å². The number of aliphatic hydroxyl groups excluding tert-OH is 2. The maximum Gasteiger partial charge on any atom is 0.138 e. The number of rotatable bonds is 4. The molecule has 4 aliphatic carbocycles. The molecule has 0 amide bonds. The van der Waals surface area contributed by atoms with E-state index >= 15 is 0 Å². The lowest BCUT2D eigenvalue weighted by molar-refractivity contribution is -0.141. The van der Waals surface area contributed by atoms with Gasteiger partial charge in [0.15, 0.2) is 0 Å². The maximum atomic E-state index is 12.8. The lowest BCUT2D eigenvalue weighted by Crippen LogP contribution is -2.57. The first-order valence-corrected chi connectivity index (χ1v) is 13.5. The Bertz CT molecular complexity index is 877. The van der Waals surface area contributed by atoms with Crippen LogP contribution in [0.2, 0.25) is 0 Å². The first kappa shape index (κ1) is 25.2. The summed E-state index contributed by atoms with van der Waals surface area (Å²) in [7, 11) is 0. The lowest BCUT2D eigenvalue weighted by atomic mass is 9.43. The average molecular weight is 457 g/mol. The summed E-state index contributed by atoms with van der Waals surface area (Å²) in [5.41, 5.74) is 3.83. The standard InChI is InChI=1S/C30H48O3/c1-18(2)15-20(31)16-19(3)21-9-14-30(8)26-22(10-13-29(21,30)7)28(6)12-11-25(33)27(4,5)24(28)17-23(26)32/h15,19-21,23-24,31-32H,9-14,16-17H2,1-8H3/t19-,20-,21-,23+,24-,28+,29-,30+/m0/s1. The zero-order chi connectivity index (χ0) is 24.6. The molecular formula is C30H48O3. The van der Waals surface area contributed by atoms with E-state index in [0.29, 0.717) is 24.0 Å². The first-order valence-electron chi connectivity index (χ1n) is 13.5. The number of hydrogen-bond donors (Lipinski definition) is 2. The van der Waals surface area contributed by atoms with Crippen LogP contribution in [-0.4, -0.2) is 28.2 Å². The average Bonchev–Trinajstić information content (AvgIpc) is 2.97. The number of hydrogen-bond acceptors (Lipinski definition) is 3. The minimum Gasteiger partial charge on any atom is -0.389 e. The van der Waals surface area contributed by atoms with Crippen LogP contribution in [0.4, 0.5) is 0 Å². The summed E-state index contributed by atoms with van der Waals surface area (Å²) >= 11 is 0. The second-order valence-electron chi connectivity index (χ2n) is 13.7. The normalized spacial score (nSPS) is 43.9. The highest BCUT2D eigenvalue weighted by Gasteiger charge is 2.65. The number of allylic oxidation sites excluding steroid dienone is 2. The second-order valence-corrected chi connectivity index (χ2v) is 13.7. The van der Waals surface area contributed by atoms with Crippen molar-refractivity contribution < 1.29 is 15.0 Å². The minimum atomic E-state index is -0.432. The second kappa shape index (κ2) is 8.05. The Morgan fingerprint density at radius 1 is 1.09 bits per heavy atom. The Kier molecular flexibility index (Phi) is 6.14. The van der Waals surface area contributed by atoms with Crippen molar-refractivity contribution >= 4 is 5.78 Å². The quantitative estimate of drug-likeness (QED) is 0.467. The zero-order valence-corrected chi connectivity index (χ0v) is 22.4. The third kappa shape index (κ3) is 3.54. The van der Waals surface area contributed by atoms with Gasteiger partial charge in [-0.1, -0.05) is 58.8 Å². The van der Waals surface area contributed by atoms with Crippen LogP contribution < -0.4 is 0 Å². The van der Waals surface area contributed by atoms with Gasteiger partial charge < -0.3 is 10.2 Å². The van der Waals surface area contributed by atoms with Gasteiger partial charge in [0.1, 0.15) is 5.78 Å². The third-order valence-electron chi connectivity index (χ3n) is 11.4. The molecular weight excluding hydrogens is 408 g/mol. The SMILES string of the molecule is CC(C)=C[C@H](O)C[C@H](C)[C@@H]1CC[C@]2(C)C3=C(CC[C@@]12C)[C@@]1(C)CCC(=O)C(C)(C)[C@@H]1C[C@H]3O. The molecule has 0 spiro atoms. The van der Waals surface area contributed by atoms with E-state index in [1.54, 1.807) is 0 Å². The van der Waals surface area contributed by atoms with Crippen LogP contribution in [0.5, 0.6) is 0 Å². The fourth-order valence-corrected chi connectivity index (χ4v) is 9.40. The zero-order valence-electron chi connectivity index (χ0n) is 22.4. The van der Waals surface area contributed by atoms with Crippen molar-refractivity contribution in [2.45, 2.75) is 119 Å². The van der Waals surface area contributed by atoms with E-state index < -0.39 is 6.10 Å². The molecule has 33 heavy (non-hydrogen) atoms. The minimum absolute atomic E-state index is 0.0000295. The van der Waals surface area contributed by atoms with Crippen LogP contribution in [0.3, 0.4) is 0 Å². The molecule has 8 atom stereocenters. The van der Waals surface area contributed by atoms with Crippen LogP contribution in [0.25, 0.3) is 0 Å². The molecule has 3 heteroatoms. The maximum absolute atomic E-state index is 12.8. The van der Waals surface area contributed by atoms with E-state index in [-0.39, 0.29) is 33.7 Å². The van der Waals surface area contributed by atoms with E-state index in [2.05, 4.69) is 55.4 Å². The highest BCUT2D eigenvalue weighted by Crippen LogP contribution is 2.72. The van der Waals surface area contributed by atoms with E-state index in [4.69, 9.17) is 0 Å². The van der Waals surface area contributed by atoms with Gasteiger partial charge in [0, 0.05) is 11.8 Å². The highest BCUT2D eigenvalue weighted by molar-refractivity contribution is 5.85. The molecule has 2 fully saturated rings. The van der Waals surface area contributed by atoms with Crippen molar-refractivity contribution in [3.8, 4) is 0 Å². The number of ketones is 1. The Labute approximate surface area is 202 Å². The Hall–Kier alpha value is -0.930. The monoisotopic (exact) mass is 456 g/mol. The lowest BCUT2D eigenvalue weighted by Gasteiger charge is -2.61. The molecule has 4 aliphatic rings. The molecule has 0 aromatic rings. The van der Waals surface area contributed by atoms with Crippen molar-refractivity contribution in [3.05, 3.63) is 22.8 Å². The molecule has 2 saturated carbocycles. The van der Waals surface area contributed by atoms with Gasteiger partial charge in [-0.2, -0.15) is 0 Å². The van der Waals surface area contributed by atoms with E-state index in [1.165, 1.54) is 23.1 Å². The molecule has 0 aromatic heterocycles. The number of Topliss-reactive ketones (excluding diaryl/α,β-unsaturated/α-hetero) is 1. The van der Waals surface area contributed by atoms with Crippen molar-refractivity contribution in [2.75, 3.05) is 0 Å². The van der Waals surface area contributed by atoms with Gasteiger partial charge in [0.25, 0.3) is 0 Å². The molecule has 3 nitrogen and oxygen atoms in total. The molecule has 0 aliphatic heterocycles. The van der Waals surface area contributed by atoms with Gasteiger partial charge in [0.05, 0.1) is 12.2 Å². The third-order valence-corrected chi connectivity index (χ3v) is 11.4. The van der Waals surface area contributed by atoms with Crippen molar-refractivity contribution in [1.29, 1.82) is 0 Å².